The molecule has 1 atom stereocenters. The number of hydrazone groups is 1. The van der Waals surface area contributed by atoms with Gasteiger partial charge in [0, 0.05) is 12.1 Å². The van der Waals surface area contributed by atoms with Crippen molar-refractivity contribution in [3.05, 3.63) is 53.6 Å². The SMILES string of the molecule is CC[C@@]1(c2ccccc2)NC(=O)N(/N=C\c2c(OC)cc(OC)cc2OC)C1=O. The normalized spacial score (nSPS) is 18.8. The average Bonchev–Trinajstić information content (AvgIpc) is 3.02. The molecule has 1 aliphatic rings. The number of carbonyl (C=O) groups is 2. The smallest absolute Gasteiger partial charge is 0.346 e. The summed E-state index contributed by atoms with van der Waals surface area (Å²) in [4.78, 5) is 25.7. The van der Waals surface area contributed by atoms with Crippen molar-refractivity contribution in [1.29, 1.82) is 0 Å². The maximum Gasteiger partial charge on any atom is 0.346 e. The standard InChI is InChI=1S/C21H23N3O5/c1-5-21(14-9-7-6-8-10-14)19(25)24(20(26)23-21)22-13-16-17(28-3)11-15(27-2)12-18(16)29-4/h6-13H,5H2,1-4H3,(H,23,26)/b22-13-/t21-/m0/s1. The van der Waals surface area contributed by atoms with Crippen molar-refractivity contribution in [2.45, 2.75) is 18.9 Å². The first-order valence-electron chi connectivity index (χ1n) is 9.07. The lowest BCUT2D eigenvalue weighted by molar-refractivity contribution is -0.131. The maximum absolute atomic E-state index is 13.1. The molecule has 0 saturated carbocycles. The van der Waals surface area contributed by atoms with Gasteiger partial charge in [0.25, 0.3) is 5.91 Å². The Hall–Kier alpha value is -3.55. The van der Waals surface area contributed by atoms with Crippen LogP contribution in [-0.2, 0) is 10.3 Å². The second-order valence-corrected chi connectivity index (χ2v) is 6.36. The van der Waals surface area contributed by atoms with Crippen molar-refractivity contribution < 1.29 is 23.8 Å². The fraction of sp³-hybridized carbons (Fsp3) is 0.286. The van der Waals surface area contributed by atoms with Gasteiger partial charge >= 0.3 is 6.03 Å². The van der Waals surface area contributed by atoms with E-state index in [1.54, 1.807) is 12.1 Å². The summed E-state index contributed by atoms with van der Waals surface area (Å²) in [5.74, 6) is 0.961. The molecule has 1 saturated heterocycles. The highest BCUT2D eigenvalue weighted by Gasteiger charge is 2.51. The summed E-state index contributed by atoms with van der Waals surface area (Å²) in [7, 11) is 4.52. The van der Waals surface area contributed by atoms with E-state index >= 15 is 0 Å². The number of ether oxygens (including phenoxy) is 3. The topological polar surface area (TPSA) is 89.5 Å². The van der Waals surface area contributed by atoms with Crippen molar-refractivity contribution >= 4 is 18.2 Å². The summed E-state index contributed by atoms with van der Waals surface area (Å²) in [5, 5.41) is 7.76. The third-order valence-electron chi connectivity index (χ3n) is 4.92. The third-order valence-corrected chi connectivity index (χ3v) is 4.92. The zero-order chi connectivity index (χ0) is 21.0. The zero-order valence-electron chi connectivity index (χ0n) is 16.8. The van der Waals surface area contributed by atoms with Crippen molar-refractivity contribution in [3.8, 4) is 17.2 Å². The number of imide groups is 1. The molecule has 0 radical (unpaired) electrons. The molecule has 1 heterocycles. The van der Waals surface area contributed by atoms with E-state index in [1.807, 2.05) is 37.3 Å². The van der Waals surface area contributed by atoms with Gasteiger partial charge in [-0.15, -0.1) is 5.01 Å². The van der Waals surface area contributed by atoms with Crippen LogP contribution in [0.3, 0.4) is 0 Å². The number of benzene rings is 2. The van der Waals surface area contributed by atoms with Crippen LogP contribution in [0.5, 0.6) is 17.2 Å². The summed E-state index contributed by atoms with van der Waals surface area (Å²) < 4.78 is 16.0. The highest BCUT2D eigenvalue weighted by Crippen LogP contribution is 2.34. The number of rotatable bonds is 7. The highest BCUT2D eigenvalue weighted by atomic mass is 16.5. The molecule has 29 heavy (non-hydrogen) atoms. The predicted molar refractivity (Wildman–Crippen MR) is 107 cm³/mol. The number of urea groups is 1. The molecular weight excluding hydrogens is 374 g/mol. The largest absolute Gasteiger partial charge is 0.496 e. The van der Waals surface area contributed by atoms with Gasteiger partial charge in [0.05, 0.1) is 33.1 Å². The first kappa shape index (κ1) is 20.2. The highest BCUT2D eigenvalue weighted by molar-refractivity contribution is 6.08. The molecule has 2 aromatic carbocycles. The van der Waals surface area contributed by atoms with Crippen LogP contribution in [0.4, 0.5) is 4.79 Å². The third kappa shape index (κ3) is 3.49. The fourth-order valence-corrected chi connectivity index (χ4v) is 3.30. The lowest BCUT2D eigenvalue weighted by Crippen LogP contribution is -2.43. The summed E-state index contributed by atoms with van der Waals surface area (Å²) in [6.45, 7) is 1.84. The molecule has 1 N–H and O–H groups in total. The molecule has 0 unspecified atom stereocenters. The number of methoxy groups -OCH3 is 3. The van der Waals surface area contributed by atoms with Gasteiger partial charge in [0.1, 0.15) is 22.8 Å². The number of nitrogens with zero attached hydrogens (tertiary/aromatic N) is 2. The van der Waals surface area contributed by atoms with Crippen molar-refractivity contribution in [2.24, 2.45) is 5.10 Å². The molecule has 8 heteroatoms. The predicted octanol–water partition coefficient (Wildman–Crippen LogP) is 2.90. The molecule has 0 aliphatic carbocycles. The monoisotopic (exact) mass is 397 g/mol. The van der Waals surface area contributed by atoms with Crippen LogP contribution in [0.2, 0.25) is 0 Å². The van der Waals surface area contributed by atoms with Crippen molar-refractivity contribution in [2.75, 3.05) is 21.3 Å². The second kappa shape index (κ2) is 8.22. The Morgan fingerprint density at radius 2 is 1.66 bits per heavy atom. The lowest BCUT2D eigenvalue weighted by Gasteiger charge is -2.24. The summed E-state index contributed by atoms with van der Waals surface area (Å²) in [5.41, 5.74) is 0.0345. The molecule has 2 aromatic rings. The minimum Gasteiger partial charge on any atom is -0.496 e. The molecule has 3 amide bonds. The minimum atomic E-state index is -1.15. The van der Waals surface area contributed by atoms with E-state index in [0.29, 0.717) is 34.8 Å². The average molecular weight is 397 g/mol. The summed E-state index contributed by atoms with van der Waals surface area (Å²) in [6, 6.07) is 11.9. The Morgan fingerprint density at radius 1 is 1.03 bits per heavy atom. The molecule has 3 rings (SSSR count). The van der Waals surface area contributed by atoms with E-state index in [1.165, 1.54) is 27.5 Å². The van der Waals surface area contributed by atoms with Gasteiger partial charge in [-0.1, -0.05) is 37.3 Å². The van der Waals surface area contributed by atoms with Crippen LogP contribution in [0.15, 0.2) is 47.6 Å². The van der Waals surface area contributed by atoms with E-state index in [0.717, 1.165) is 5.01 Å². The molecule has 152 valence electrons. The number of hydrogen-bond acceptors (Lipinski definition) is 6. The van der Waals surface area contributed by atoms with Crippen LogP contribution < -0.4 is 19.5 Å². The number of hydrogen-bond donors (Lipinski definition) is 1. The first-order chi connectivity index (χ1) is 14.0. The van der Waals surface area contributed by atoms with E-state index in [9.17, 15) is 9.59 Å². The van der Waals surface area contributed by atoms with Gasteiger partial charge < -0.3 is 19.5 Å². The van der Waals surface area contributed by atoms with E-state index in [4.69, 9.17) is 14.2 Å². The molecule has 1 aliphatic heterocycles. The van der Waals surface area contributed by atoms with E-state index in [2.05, 4.69) is 10.4 Å². The zero-order valence-corrected chi connectivity index (χ0v) is 16.8. The van der Waals surface area contributed by atoms with Crippen LogP contribution >= 0.6 is 0 Å². The molecule has 0 bridgehead atoms. The summed E-state index contributed by atoms with van der Waals surface area (Å²) >= 11 is 0. The lowest BCUT2D eigenvalue weighted by atomic mass is 9.87. The van der Waals surface area contributed by atoms with Gasteiger partial charge in [-0.2, -0.15) is 5.10 Å². The van der Waals surface area contributed by atoms with Crippen LogP contribution in [0.1, 0.15) is 24.5 Å². The van der Waals surface area contributed by atoms with Gasteiger partial charge in [-0.25, -0.2) is 4.79 Å². The molecular formula is C21H23N3O5. The van der Waals surface area contributed by atoms with Crippen molar-refractivity contribution in [3.63, 3.8) is 0 Å². The van der Waals surface area contributed by atoms with Crippen LogP contribution in [-0.4, -0.2) is 44.5 Å². The van der Waals surface area contributed by atoms with Gasteiger partial charge in [-0.3, -0.25) is 4.79 Å². The Morgan fingerprint density at radius 3 is 2.17 bits per heavy atom. The molecule has 0 spiro atoms. The fourth-order valence-electron chi connectivity index (χ4n) is 3.30. The molecule has 0 aromatic heterocycles. The Bertz CT molecular complexity index is 920. The molecule has 8 nitrogen and oxygen atoms in total. The quantitative estimate of drug-likeness (QED) is 0.573. The second-order valence-electron chi connectivity index (χ2n) is 6.36. The first-order valence-corrected chi connectivity index (χ1v) is 9.07. The Kier molecular flexibility index (Phi) is 5.72. The van der Waals surface area contributed by atoms with E-state index in [-0.39, 0.29) is 0 Å². The minimum absolute atomic E-state index is 0.392. The number of nitrogens with one attached hydrogen (secondary N) is 1. The van der Waals surface area contributed by atoms with E-state index < -0.39 is 17.5 Å². The van der Waals surface area contributed by atoms with Crippen LogP contribution in [0, 0.1) is 0 Å². The van der Waals surface area contributed by atoms with Gasteiger partial charge in [-0.05, 0) is 12.0 Å². The van der Waals surface area contributed by atoms with Crippen LogP contribution in [0.25, 0.3) is 0 Å². The maximum atomic E-state index is 13.1. The number of amides is 3. The van der Waals surface area contributed by atoms with Gasteiger partial charge in [0.15, 0.2) is 0 Å². The summed E-state index contributed by atoms with van der Waals surface area (Å²) in [6.07, 6.45) is 1.76. The van der Waals surface area contributed by atoms with Gasteiger partial charge in [0.2, 0.25) is 0 Å². The number of carbonyl (C=O) groups excluding carboxylic acids is 2. The Balaban J connectivity index is 1.98. The Labute approximate surface area is 169 Å². The van der Waals surface area contributed by atoms with Crippen molar-refractivity contribution in [1.82, 2.24) is 10.3 Å². The molecule has 1 fully saturated rings.